The molecule has 0 aromatic heterocycles. The van der Waals surface area contributed by atoms with Crippen LogP contribution in [0, 0.1) is 51.8 Å². The van der Waals surface area contributed by atoms with E-state index in [2.05, 4.69) is 64.9 Å². The molecule has 0 aliphatic rings. The van der Waals surface area contributed by atoms with Crippen LogP contribution in [0.4, 0.5) is 0 Å². The molecule has 0 aliphatic carbocycles. The van der Waals surface area contributed by atoms with E-state index in [4.69, 9.17) is 11.5 Å². The highest BCUT2D eigenvalue weighted by atomic mass is 16.2. The maximum absolute atomic E-state index is 15.0. The van der Waals surface area contributed by atoms with Gasteiger partial charge in [0.1, 0.15) is 17.3 Å². The number of nitrogens with one attached hydrogen (secondary N) is 7. The minimum atomic E-state index is -1.26. The van der Waals surface area contributed by atoms with E-state index in [0.717, 1.165) is 38.5 Å². The molecule has 4 unspecified atom stereocenters. The monoisotopic (exact) mass is 1010 g/mol. The lowest BCUT2D eigenvalue weighted by atomic mass is 9.67. The van der Waals surface area contributed by atoms with E-state index in [9.17, 15) is 33.6 Å². The Bertz CT molecular complexity index is 1620. The fourth-order valence-corrected chi connectivity index (χ4v) is 8.82. The van der Waals surface area contributed by atoms with Gasteiger partial charge in [0.25, 0.3) is 0 Å². The summed E-state index contributed by atoms with van der Waals surface area (Å²) in [6.45, 7) is 27.6. The predicted molar refractivity (Wildman–Crippen MR) is 285 cm³/mol. The molecular weight excluding hydrogens is 903 g/mol. The van der Waals surface area contributed by atoms with Crippen LogP contribution in [0.3, 0.4) is 0 Å². The van der Waals surface area contributed by atoms with Crippen molar-refractivity contribution in [1.29, 1.82) is 0 Å². The van der Waals surface area contributed by atoms with Gasteiger partial charge in [0.05, 0.1) is 0 Å². The van der Waals surface area contributed by atoms with Crippen molar-refractivity contribution in [3.05, 3.63) is 0 Å². The highest BCUT2D eigenvalue weighted by molar-refractivity contribution is 5.95. The number of hydrogen-bond acceptors (Lipinski definition) is 12. The first-order valence-corrected chi connectivity index (χ1v) is 27.1. The predicted octanol–water partition coefficient (Wildman–Crippen LogP) is 4.73. The SMILES string of the molecule is CCCCNC(=O)C(CC(=O)NCCNCCN)CC(C)(C)C(=O)CC(CC(C)(C)C(=O)C(CC(=O)NCCCC(C)C)CC(C)(C)C(=O)CC(CC)C(=O)NCCCC(C)C)C(=O)NCCNCCN. The minimum Gasteiger partial charge on any atom is -0.356 e. The number of unbranched alkanes of at least 4 members (excludes halogenated alkanes) is 1. The first-order valence-electron chi connectivity index (χ1n) is 27.1. The standard InChI is InChI=1S/C54H103N9O8/c1-13-15-22-61-51(71)43(34-47(67)60-29-27-57-25-20-55)36-53(9,10)45(65)32-42(50(70)63-30-28-58-26-21-56)37-54(11,12)48(68)41(33-46(66)59-23-16-18-38(3)4)35-52(7,8)44(64)31-40(14-2)49(69)62-24-17-19-39(5)6/h38-43,57-58H,13-37,55-56H2,1-12H3,(H,59,66)(H,60,67)(H,61,71)(H,62,69)(H,63,70). The van der Waals surface area contributed by atoms with Gasteiger partial charge in [-0.15, -0.1) is 0 Å². The number of rotatable bonds is 43. The van der Waals surface area contributed by atoms with Crippen LogP contribution in [0.15, 0.2) is 0 Å². The van der Waals surface area contributed by atoms with Crippen molar-refractivity contribution >= 4 is 46.9 Å². The van der Waals surface area contributed by atoms with Crippen molar-refractivity contribution in [2.75, 3.05) is 72.0 Å². The van der Waals surface area contributed by atoms with Crippen molar-refractivity contribution in [1.82, 2.24) is 37.2 Å². The second-order valence-electron chi connectivity index (χ2n) is 22.6. The fraction of sp³-hybridized carbons (Fsp3) is 0.852. The Morgan fingerprint density at radius 2 is 0.789 bits per heavy atom. The van der Waals surface area contributed by atoms with Gasteiger partial charge in [-0.25, -0.2) is 0 Å². The van der Waals surface area contributed by atoms with Gasteiger partial charge in [0.15, 0.2) is 0 Å². The lowest BCUT2D eigenvalue weighted by Gasteiger charge is -2.35. The number of carbonyl (C=O) groups is 8. The summed E-state index contributed by atoms with van der Waals surface area (Å²) in [4.78, 5) is 111. The molecule has 11 N–H and O–H groups in total. The van der Waals surface area contributed by atoms with Gasteiger partial charge in [-0.1, -0.05) is 89.5 Å². The van der Waals surface area contributed by atoms with Crippen molar-refractivity contribution in [2.24, 2.45) is 63.2 Å². The molecule has 0 saturated carbocycles. The Kier molecular flexibility index (Phi) is 34.2. The largest absolute Gasteiger partial charge is 0.356 e. The minimum absolute atomic E-state index is 0.00978. The average molecular weight is 1010 g/mol. The molecule has 5 amide bonds. The second-order valence-corrected chi connectivity index (χ2v) is 22.6. The quantitative estimate of drug-likeness (QED) is 0.0376. The third-order valence-corrected chi connectivity index (χ3v) is 13.4. The van der Waals surface area contributed by atoms with E-state index in [1.165, 1.54) is 0 Å². The van der Waals surface area contributed by atoms with Gasteiger partial charge in [-0.05, 0) is 69.6 Å². The Morgan fingerprint density at radius 1 is 0.423 bits per heavy atom. The summed E-state index contributed by atoms with van der Waals surface area (Å²) >= 11 is 0. The van der Waals surface area contributed by atoms with Crippen LogP contribution in [0.25, 0.3) is 0 Å². The number of carbonyl (C=O) groups excluding carboxylic acids is 8. The molecule has 0 saturated heterocycles. The molecule has 0 bridgehead atoms. The molecule has 0 heterocycles. The van der Waals surface area contributed by atoms with Crippen LogP contribution in [0.2, 0.25) is 0 Å². The maximum atomic E-state index is 15.0. The first kappa shape index (κ1) is 67.2. The zero-order valence-electron chi connectivity index (χ0n) is 46.6. The summed E-state index contributed by atoms with van der Waals surface area (Å²) in [5.74, 6) is -4.70. The summed E-state index contributed by atoms with van der Waals surface area (Å²) in [5.41, 5.74) is 7.69. The molecule has 4 atom stereocenters. The average Bonchev–Trinajstić information content (AvgIpc) is 3.29. The lowest BCUT2D eigenvalue weighted by molar-refractivity contribution is -0.141. The van der Waals surface area contributed by atoms with Crippen LogP contribution in [-0.2, 0) is 38.4 Å². The molecule has 0 aliphatic heterocycles. The molecule has 412 valence electrons. The van der Waals surface area contributed by atoms with Gasteiger partial charge in [-0.2, -0.15) is 0 Å². The van der Waals surface area contributed by atoms with Crippen LogP contribution in [0.5, 0.6) is 0 Å². The Balaban J connectivity index is 6.83. The van der Waals surface area contributed by atoms with E-state index < -0.39 is 45.8 Å². The van der Waals surface area contributed by atoms with Crippen molar-refractivity contribution in [3.63, 3.8) is 0 Å². The number of hydrogen-bond donors (Lipinski definition) is 9. The van der Waals surface area contributed by atoms with Crippen molar-refractivity contribution in [3.8, 4) is 0 Å². The zero-order chi connectivity index (χ0) is 54.2. The van der Waals surface area contributed by atoms with Crippen molar-refractivity contribution < 1.29 is 38.4 Å². The van der Waals surface area contributed by atoms with E-state index in [1.54, 1.807) is 41.5 Å². The van der Waals surface area contributed by atoms with Gasteiger partial charge in [0, 0.05) is 138 Å². The molecule has 0 rings (SSSR count). The molecule has 0 aromatic carbocycles. The van der Waals surface area contributed by atoms with Gasteiger partial charge >= 0.3 is 0 Å². The van der Waals surface area contributed by atoms with E-state index in [1.807, 2.05) is 13.8 Å². The normalized spacial score (nSPS) is 13.8. The summed E-state index contributed by atoms with van der Waals surface area (Å²) in [7, 11) is 0. The van der Waals surface area contributed by atoms with Crippen molar-refractivity contribution in [2.45, 2.75) is 173 Å². The number of nitrogens with two attached hydrogens (primary N) is 2. The summed E-state index contributed by atoms with van der Waals surface area (Å²) in [6, 6.07) is 0. The van der Waals surface area contributed by atoms with E-state index in [-0.39, 0.29) is 92.5 Å². The third kappa shape index (κ3) is 29.5. The zero-order valence-corrected chi connectivity index (χ0v) is 46.6. The molecule has 17 heteroatoms. The van der Waals surface area contributed by atoms with Gasteiger partial charge in [0.2, 0.25) is 29.5 Å². The molecule has 0 radical (unpaired) electrons. The molecule has 17 nitrogen and oxygen atoms in total. The fourth-order valence-electron chi connectivity index (χ4n) is 8.82. The Morgan fingerprint density at radius 3 is 1.25 bits per heavy atom. The molecule has 0 fully saturated rings. The Hall–Kier alpha value is -3.80. The number of ketones is 3. The summed E-state index contributed by atoms with van der Waals surface area (Å²) < 4.78 is 0. The summed E-state index contributed by atoms with van der Waals surface area (Å²) in [6.07, 6.45) is 5.02. The topological polar surface area (TPSA) is 273 Å². The second kappa shape index (κ2) is 36.2. The smallest absolute Gasteiger partial charge is 0.223 e. The third-order valence-electron chi connectivity index (χ3n) is 13.4. The number of amides is 5. The molecule has 0 aromatic rings. The summed E-state index contributed by atoms with van der Waals surface area (Å²) in [5, 5.41) is 20.9. The van der Waals surface area contributed by atoms with Crippen LogP contribution in [-0.4, -0.2) is 119 Å². The molecule has 0 spiro atoms. The van der Waals surface area contributed by atoms with E-state index >= 15 is 4.79 Å². The lowest BCUT2D eigenvalue weighted by Crippen LogP contribution is -2.44. The highest BCUT2D eigenvalue weighted by Gasteiger charge is 2.44. The highest BCUT2D eigenvalue weighted by Crippen LogP contribution is 2.40. The van der Waals surface area contributed by atoms with Gasteiger partial charge < -0.3 is 48.7 Å². The Labute approximate surface area is 429 Å². The van der Waals surface area contributed by atoms with Crippen LogP contribution < -0.4 is 48.7 Å². The number of Topliss-reactive ketones (excluding diaryl/α,β-unsaturated/α-hetero) is 3. The van der Waals surface area contributed by atoms with Crippen LogP contribution in [0.1, 0.15) is 173 Å². The first-order chi connectivity index (χ1) is 33.3. The molecular formula is C54H103N9O8. The van der Waals surface area contributed by atoms with Crippen LogP contribution >= 0.6 is 0 Å². The van der Waals surface area contributed by atoms with Gasteiger partial charge in [-0.3, -0.25) is 38.4 Å². The van der Waals surface area contributed by atoms with E-state index in [0.29, 0.717) is 83.7 Å². The molecule has 71 heavy (non-hydrogen) atoms. The maximum Gasteiger partial charge on any atom is 0.223 e.